The second-order valence-electron chi connectivity index (χ2n) is 5.06. The van der Waals surface area contributed by atoms with Gasteiger partial charge >= 0.3 is 5.97 Å². The fourth-order valence-electron chi connectivity index (χ4n) is 2.07. The van der Waals surface area contributed by atoms with Crippen LogP contribution in [-0.4, -0.2) is 37.1 Å². The van der Waals surface area contributed by atoms with E-state index in [9.17, 15) is 14.0 Å². The summed E-state index contributed by atoms with van der Waals surface area (Å²) in [7, 11) is 1.26. The topological polar surface area (TPSA) is 111 Å². The molecule has 0 atom stereocenters. The Morgan fingerprint density at radius 2 is 2.00 bits per heavy atom. The Bertz CT molecular complexity index is 619. The van der Waals surface area contributed by atoms with Gasteiger partial charge in [0.05, 0.1) is 19.2 Å². The summed E-state index contributed by atoms with van der Waals surface area (Å²) < 4.78 is 18.3. The van der Waals surface area contributed by atoms with Gasteiger partial charge in [-0.15, -0.1) is 0 Å². The molecule has 0 spiro atoms. The third-order valence-corrected chi connectivity index (χ3v) is 3.23. The van der Waals surface area contributed by atoms with Crippen LogP contribution in [0.4, 0.5) is 4.39 Å². The van der Waals surface area contributed by atoms with Crippen molar-refractivity contribution in [1.29, 1.82) is 0 Å². The van der Waals surface area contributed by atoms with E-state index in [4.69, 9.17) is 11.6 Å². The van der Waals surface area contributed by atoms with Gasteiger partial charge in [0, 0.05) is 30.4 Å². The molecule has 0 aliphatic rings. The molecule has 1 rings (SSSR count). The number of nitrogens with zero attached hydrogens (tertiary/aromatic N) is 1. The number of esters is 1. The molecule has 0 aliphatic heterocycles. The van der Waals surface area contributed by atoms with Crippen molar-refractivity contribution in [1.82, 2.24) is 10.3 Å². The molecule has 5 N–H and O–H groups in total. The highest BCUT2D eigenvalue weighted by molar-refractivity contribution is 5.95. The zero-order valence-electron chi connectivity index (χ0n) is 13.8. The maximum Gasteiger partial charge on any atom is 0.307 e. The number of hydrazine groups is 1. The summed E-state index contributed by atoms with van der Waals surface area (Å²) in [5, 5.41) is 3.92. The minimum atomic E-state index is -0.588. The Morgan fingerprint density at radius 3 is 2.58 bits per heavy atom. The summed E-state index contributed by atoms with van der Waals surface area (Å²) in [6.45, 7) is 2.57. The molecule has 1 aromatic rings. The normalized spacial score (nSPS) is 11.1. The first-order valence-electron chi connectivity index (χ1n) is 7.53. The van der Waals surface area contributed by atoms with Crippen molar-refractivity contribution in [3.05, 3.63) is 41.3 Å². The largest absolute Gasteiger partial charge is 0.469 e. The SMILES string of the molecule is CCCN(N)/C(=C\N)c1cc(F)cc(C(=O)NCCC(=O)OC)c1. The molecule has 24 heavy (non-hydrogen) atoms. The van der Waals surface area contributed by atoms with Gasteiger partial charge in [0.15, 0.2) is 0 Å². The van der Waals surface area contributed by atoms with Crippen molar-refractivity contribution in [2.45, 2.75) is 19.8 Å². The molecule has 132 valence electrons. The van der Waals surface area contributed by atoms with Gasteiger partial charge in [0.25, 0.3) is 5.91 Å². The molecule has 0 fully saturated rings. The summed E-state index contributed by atoms with van der Waals surface area (Å²) >= 11 is 0. The molecule has 0 aliphatic carbocycles. The molecule has 0 saturated carbocycles. The number of benzene rings is 1. The standard InChI is InChI=1S/C16H23FN4O3/c1-3-6-21(19)14(10-18)11-7-12(9-13(17)8-11)16(23)20-5-4-15(22)24-2/h7-10H,3-6,18-19H2,1-2H3,(H,20,23)/b14-10-. The van der Waals surface area contributed by atoms with Crippen molar-refractivity contribution in [3.8, 4) is 0 Å². The summed E-state index contributed by atoms with van der Waals surface area (Å²) in [6.07, 6.45) is 2.08. The molecule has 7 nitrogen and oxygen atoms in total. The number of nitrogens with one attached hydrogen (secondary N) is 1. The fraction of sp³-hybridized carbons (Fsp3) is 0.375. The van der Waals surface area contributed by atoms with Gasteiger partial charge in [-0.3, -0.25) is 9.59 Å². The van der Waals surface area contributed by atoms with E-state index in [0.29, 0.717) is 17.8 Å². The van der Waals surface area contributed by atoms with E-state index >= 15 is 0 Å². The molecule has 0 saturated heterocycles. The molecule has 0 heterocycles. The molecular formula is C16H23FN4O3. The molecular weight excluding hydrogens is 315 g/mol. The first-order chi connectivity index (χ1) is 11.4. The van der Waals surface area contributed by atoms with Crippen LogP contribution >= 0.6 is 0 Å². The van der Waals surface area contributed by atoms with E-state index in [1.807, 2.05) is 6.92 Å². The Kier molecular flexibility index (Phi) is 7.70. The summed E-state index contributed by atoms with van der Waals surface area (Å²) in [6, 6.07) is 3.84. The highest BCUT2D eigenvalue weighted by Gasteiger charge is 2.14. The molecule has 1 amide bonds. The van der Waals surface area contributed by atoms with Crippen LogP contribution in [0, 0.1) is 5.82 Å². The minimum absolute atomic E-state index is 0.0332. The van der Waals surface area contributed by atoms with Crippen molar-refractivity contribution >= 4 is 17.6 Å². The van der Waals surface area contributed by atoms with Crippen LogP contribution in [-0.2, 0) is 9.53 Å². The monoisotopic (exact) mass is 338 g/mol. The number of amides is 1. The fourth-order valence-corrected chi connectivity index (χ4v) is 2.07. The number of carbonyl (C=O) groups excluding carboxylic acids is 2. The number of methoxy groups -OCH3 is 1. The highest BCUT2D eigenvalue weighted by atomic mass is 19.1. The van der Waals surface area contributed by atoms with Gasteiger partial charge < -0.3 is 20.8 Å². The number of rotatable bonds is 8. The van der Waals surface area contributed by atoms with Gasteiger partial charge in [-0.2, -0.15) is 0 Å². The number of carbonyl (C=O) groups is 2. The quantitative estimate of drug-likeness (QED) is 0.370. The van der Waals surface area contributed by atoms with Gasteiger partial charge in [-0.05, 0) is 24.6 Å². The molecule has 0 bridgehead atoms. The van der Waals surface area contributed by atoms with Crippen molar-refractivity contribution in [2.75, 3.05) is 20.2 Å². The molecule has 0 aromatic heterocycles. The van der Waals surface area contributed by atoms with E-state index < -0.39 is 17.7 Å². The van der Waals surface area contributed by atoms with Gasteiger partial charge in [-0.1, -0.05) is 6.92 Å². The van der Waals surface area contributed by atoms with Crippen LogP contribution in [0.5, 0.6) is 0 Å². The van der Waals surface area contributed by atoms with E-state index in [0.717, 1.165) is 12.5 Å². The predicted octanol–water partition coefficient (Wildman–Crippen LogP) is 0.961. The van der Waals surface area contributed by atoms with Gasteiger partial charge in [0.1, 0.15) is 5.82 Å². The smallest absolute Gasteiger partial charge is 0.307 e. The lowest BCUT2D eigenvalue weighted by molar-refractivity contribution is -0.140. The lowest BCUT2D eigenvalue weighted by Crippen LogP contribution is -2.31. The Morgan fingerprint density at radius 1 is 1.33 bits per heavy atom. The second-order valence-corrected chi connectivity index (χ2v) is 5.06. The summed E-state index contributed by atoms with van der Waals surface area (Å²) in [5.74, 6) is 4.35. The molecule has 8 heteroatoms. The Balaban J connectivity index is 2.92. The van der Waals surface area contributed by atoms with E-state index in [1.165, 1.54) is 30.5 Å². The number of hydrogen-bond donors (Lipinski definition) is 3. The number of nitrogens with two attached hydrogens (primary N) is 2. The average molecular weight is 338 g/mol. The predicted molar refractivity (Wildman–Crippen MR) is 88.7 cm³/mol. The lowest BCUT2D eigenvalue weighted by atomic mass is 10.1. The first kappa shape index (κ1) is 19.4. The van der Waals surface area contributed by atoms with Crippen molar-refractivity contribution in [2.24, 2.45) is 11.6 Å². The number of hydrogen-bond acceptors (Lipinski definition) is 6. The van der Waals surface area contributed by atoms with E-state index in [-0.39, 0.29) is 18.5 Å². The number of halogens is 1. The maximum atomic E-state index is 13.9. The highest BCUT2D eigenvalue weighted by Crippen LogP contribution is 2.19. The van der Waals surface area contributed by atoms with E-state index in [1.54, 1.807) is 0 Å². The van der Waals surface area contributed by atoms with Crippen LogP contribution in [0.3, 0.4) is 0 Å². The van der Waals surface area contributed by atoms with Crippen LogP contribution in [0.25, 0.3) is 5.70 Å². The Hall–Kier alpha value is -2.61. The second kappa shape index (κ2) is 9.51. The van der Waals surface area contributed by atoms with Crippen LogP contribution < -0.4 is 16.9 Å². The maximum absolute atomic E-state index is 13.9. The Labute approximate surface area is 140 Å². The third kappa shape index (κ3) is 5.54. The van der Waals surface area contributed by atoms with Crippen molar-refractivity contribution in [3.63, 3.8) is 0 Å². The lowest BCUT2D eigenvalue weighted by Gasteiger charge is -2.21. The molecule has 0 radical (unpaired) electrons. The molecule has 0 unspecified atom stereocenters. The minimum Gasteiger partial charge on any atom is -0.469 e. The van der Waals surface area contributed by atoms with Crippen LogP contribution in [0.1, 0.15) is 35.7 Å². The third-order valence-electron chi connectivity index (χ3n) is 3.23. The molecule has 1 aromatic carbocycles. The first-order valence-corrected chi connectivity index (χ1v) is 7.53. The zero-order valence-corrected chi connectivity index (χ0v) is 13.8. The van der Waals surface area contributed by atoms with E-state index in [2.05, 4.69) is 10.1 Å². The van der Waals surface area contributed by atoms with Gasteiger partial charge in [0.2, 0.25) is 0 Å². The van der Waals surface area contributed by atoms with Crippen molar-refractivity contribution < 1.29 is 18.7 Å². The van der Waals surface area contributed by atoms with Crippen LogP contribution in [0.15, 0.2) is 24.4 Å². The average Bonchev–Trinajstić information content (AvgIpc) is 2.55. The number of ether oxygens (including phenoxy) is 1. The summed E-state index contributed by atoms with van der Waals surface area (Å²) in [5.41, 5.74) is 6.50. The zero-order chi connectivity index (χ0) is 18.1. The summed E-state index contributed by atoms with van der Waals surface area (Å²) in [4.78, 5) is 23.1. The van der Waals surface area contributed by atoms with Gasteiger partial charge in [-0.25, -0.2) is 10.2 Å². The van der Waals surface area contributed by atoms with Crippen LogP contribution in [0.2, 0.25) is 0 Å².